The summed E-state index contributed by atoms with van der Waals surface area (Å²) in [7, 11) is 3.06. The molecular formula is C24H25ClN2O5. The maximum atomic E-state index is 12.7. The highest BCUT2D eigenvalue weighted by molar-refractivity contribution is 6.33. The van der Waals surface area contributed by atoms with E-state index in [9.17, 15) is 9.59 Å². The number of rotatable bonds is 5. The molecule has 1 aliphatic rings. The molecular weight excluding hydrogens is 432 g/mol. The van der Waals surface area contributed by atoms with E-state index in [1.807, 2.05) is 25.1 Å². The second kappa shape index (κ2) is 9.12. The van der Waals surface area contributed by atoms with Gasteiger partial charge >= 0.3 is 5.76 Å². The fourth-order valence-electron chi connectivity index (χ4n) is 4.13. The smallest absolute Gasteiger partial charge is 0.420 e. The van der Waals surface area contributed by atoms with Crippen molar-refractivity contribution in [2.24, 2.45) is 0 Å². The van der Waals surface area contributed by atoms with Gasteiger partial charge in [-0.3, -0.25) is 9.36 Å². The standard InChI is InChI=1S/C24H25ClN2O5/c1-15-4-7-18-20(14-15)32-24(29)27(18)17-10-12-26(13-11-17)21(28)9-6-16-5-8-19(30-2)23(31-3)22(16)25/h4-9,14,17H,10-13H2,1-3H3/b9-6+. The molecule has 0 unspecified atom stereocenters. The van der Waals surface area contributed by atoms with E-state index in [4.69, 9.17) is 25.5 Å². The fourth-order valence-corrected chi connectivity index (χ4v) is 4.43. The summed E-state index contributed by atoms with van der Waals surface area (Å²) in [5.74, 6) is 0.505. The molecule has 2 heterocycles. The van der Waals surface area contributed by atoms with E-state index in [0.717, 1.165) is 11.1 Å². The predicted molar refractivity (Wildman–Crippen MR) is 124 cm³/mol. The Morgan fingerprint density at radius 3 is 2.59 bits per heavy atom. The zero-order valence-electron chi connectivity index (χ0n) is 18.3. The zero-order chi connectivity index (χ0) is 22.8. The number of likely N-dealkylation sites (tertiary alicyclic amines) is 1. The minimum absolute atomic E-state index is 0.000204. The lowest BCUT2D eigenvalue weighted by atomic mass is 10.0. The highest BCUT2D eigenvalue weighted by Gasteiger charge is 2.26. The molecule has 0 radical (unpaired) electrons. The van der Waals surface area contributed by atoms with E-state index in [-0.39, 0.29) is 17.7 Å². The minimum Gasteiger partial charge on any atom is -0.493 e. The van der Waals surface area contributed by atoms with Crippen LogP contribution in [0.25, 0.3) is 17.2 Å². The Morgan fingerprint density at radius 1 is 1.16 bits per heavy atom. The van der Waals surface area contributed by atoms with Crippen LogP contribution in [0.1, 0.15) is 30.0 Å². The summed E-state index contributed by atoms with van der Waals surface area (Å²) in [5, 5.41) is 0.385. The molecule has 3 aromatic rings. The van der Waals surface area contributed by atoms with Crippen molar-refractivity contribution in [3.63, 3.8) is 0 Å². The average Bonchev–Trinajstić information content (AvgIpc) is 3.12. The molecule has 7 nitrogen and oxygen atoms in total. The van der Waals surface area contributed by atoms with E-state index in [0.29, 0.717) is 53.6 Å². The Labute approximate surface area is 190 Å². The third kappa shape index (κ3) is 4.12. The molecule has 4 rings (SSSR count). The third-order valence-electron chi connectivity index (χ3n) is 5.83. The van der Waals surface area contributed by atoms with Crippen molar-refractivity contribution < 1.29 is 18.7 Å². The van der Waals surface area contributed by atoms with Crippen LogP contribution in [0.5, 0.6) is 11.5 Å². The van der Waals surface area contributed by atoms with Crippen molar-refractivity contribution in [1.82, 2.24) is 9.47 Å². The molecule has 0 atom stereocenters. The lowest BCUT2D eigenvalue weighted by Crippen LogP contribution is -2.39. The SMILES string of the molecule is COc1ccc(/C=C/C(=O)N2CCC(n3c(=O)oc4cc(C)ccc43)CC2)c(Cl)c1OC. The second-order valence-electron chi connectivity index (χ2n) is 7.80. The lowest BCUT2D eigenvalue weighted by molar-refractivity contribution is -0.127. The van der Waals surface area contributed by atoms with Gasteiger partial charge in [-0.2, -0.15) is 0 Å². The van der Waals surface area contributed by atoms with Gasteiger partial charge in [-0.15, -0.1) is 0 Å². The van der Waals surface area contributed by atoms with Gasteiger partial charge in [-0.05, 0) is 61.2 Å². The summed E-state index contributed by atoms with van der Waals surface area (Å²) in [4.78, 5) is 26.9. The first kappa shape index (κ1) is 22.0. The number of piperidine rings is 1. The maximum absolute atomic E-state index is 12.7. The quantitative estimate of drug-likeness (QED) is 0.530. The predicted octanol–water partition coefficient (Wildman–Crippen LogP) is 4.45. The number of hydrogen-bond acceptors (Lipinski definition) is 5. The number of hydrogen-bond donors (Lipinski definition) is 0. The monoisotopic (exact) mass is 456 g/mol. The van der Waals surface area contributed by atoms with E-state index in [1.165, 1.54) is 20.3 Å². The van der Waals surface area contributed by atoms with Gasteiger partial charge in [0.25, 0.3) is 0 Å². The van der Waals surface area contributed by atoms with Crippen LogP contribution in [0.3, 0.4) is 0 Å². The number of aromatic nitrogens is 1. The van der Waals surface area contributed by atoms with Gasteiger partial charge < -0.3 is 18.8 Å². The number of oxazole rings is 1. The molecule has 168 valence electrons. The number of methoxy groups -OCH3 is 2. The number of benzene rings is 2. The van der Waals surface area contributed by atoms with Crippen molar-refractivity contribution in [2.75, 3.05) is 27.3 Å². The zero-order valence-corrected chi connectivity index (χ0v) is 19.0. The summed E-state index contributed by atoms with van der Waals surface area (Å²) >= 11 is 6.39. The van der Waals surface area contributed by atoms with Crippen LogP contribution in [0.2, 0.25) is 5.02 Å². The summed E-state index contributed by atoms with van der Waals surface area (Å²) in [6, 6.07) is 9.28. The van der Waals surface area contributed by atoms with Crippen molar-refractivity contribution >= 4 is 34.7 Å². The summed E-state index contributed by atoms with van der Waals surface area (Å²) in [5.41, 5.74) is 3.11. The van der Waals surface area contributed by atoms with E-state index in [2.05, 4.69) is 0 Å². The van der Waals surface area contributed by atoms with Gasteiger partial charge in [0.1, 0.15) is 0 Å². The van der Waals surface area contributed by atoms with Crippen LogP contribution >= 0.6 is 11.6 Å². The molecule has 1 aliphatic heterocycles. The number of carbonyl (C=O) groups is 1. The Balaban J connectivity index is 1.45. The molecule has 8 heteroatoms. The maximum Gasteiger partial charge on any atom is 0.420 e. The number of amides is 1. The molecule has 0 spiro atoms. The van der Waals surface area contributed by atoms with Gasteiger partial charge in [0.15, 0.2) is 17.1 Å². The Hall–Kier alpha value is -3.19. The largest absolute Gasteiger partial charge is 0.493 e. The number of halogens is 1. The van der Waals surface area contributed by atoms with E-state index < -0.39 is 0 Å². The van der Waals surface area contributed by atoms with Crippen molar-refractivity contribution in [3.05, 3.63) is 63.1 Å². The summed E-state index contributed by atoms with van der Waals surface area (Å²) < 4.78 is 17.7. The molecule has 0 saturated carbocycles. The number of aryl methyl sites for hydroxylation is 1. The summed E-state index contributed by atoms with van der Waals surface area (Å²) in [6.07, 6.45) is 4.54. The molecule has 1 amide bonds. The first-order chi connectivity index (χ1) is 15.4. The van der Waals surface area contributed by atoms with Gasteiger partial charge in [-0.1, -0.05) is 17.7 Å². The number of nitrogens with zero attached hydrogens (tertiary/aromatic N) is 2. The minimum atomic E-state index is -0.349. The molecule has 32 heavy (non-hydrogen) atoms. The molecule has 1 aromatic heterocycles. The van der Waals surface area contributed by atoms with Gasteiger partial charge in [0.05, 0.1) is 24.8 Å². The van der Waals surface area contributed by atoms with Gasteiger partial charge in [0, 0.05) is 25.2 Å². The second-order valence-corrected chi connectivity index (χ2v) is 8.18. The summed E-state index contributed by atoms with van der Waals surface area (Å²) in [6.45, 7) is 3.07. The highest BCUT2D eigenvalue weighted by atomic mass is 35.5. The fraction of sp³-hybridized carbons (Fsp3) is 0.333. The van der Waals surface area contributed by atoms with Crippen LogP contribution in [0.15, 0.2) is 45.6 Å². The van der Waals surface area contributed by atoms with E-state index >= 15 is 0 Å². The van der Waals surface area contributed by atoms with Crippen molar-refractivity contribution in [2.45, 2.75) is 25.8 Å². The van der Waals surface area contributed by atoms with Crippen LogP contribution in [0, 0.1) is 6.92 Å². The van der Waals surface area contributed by atoms with E-state index in [1.54, 1.807) is 27.7 Å². The molecule has 0 aliphatic carbocycles. The molecule has 1 saturated heterocycles. The lowest BCUT2D eigenvalue weighted by Gasteiger charge is -2.31. The normalized spacial score (nSPS) is 14.9. The van der Waals surface area contributed by atoms with Gasteiger partial charge in [0.2, 0.25) is 5.91 Å². The first-order valence-electron chi connectivity index (χ1n) is 10.4. The van der Waals surface area contributed by atoms with Crippen LogP contribution in [-0.4, -0.2) is 42.7 Å². The molecule has 0 N–H and O–H groups in total. The molecule has 2 aromatic carbocycles. The van der Waals surface area contributed by atoms with Crippen molar-refractivity contribution in [1.29, 1.82) is 0 Å². The number of fused-ring (bicyclic) bond motifs is 1. The molecule has 1 fully saturated rings. The Kier molecular flexibility index (Phi) is 6.28. The van der Waals surface area contributed by atoms with Gasteiger partial charge in [-0.25, -0.2) is 4.79 Å². The third-order valence-corrected chi connectivity index (χ3v) is 6.22. The number of ether oxygens (including phenoxy) is 2. The van der Waals surface area contributed by atoms with Crippen molar-refractivity contribution in [3.8, 4) is 11.5 Å². The van der Waals surface area contributed by atoms with Crippen LogP contribution in [0.4, 0.5) is 0 Å². The molecule has 0 bridgehead atoms. The first-order valence-corrected chi connectivity index (χ1v) is 10.8. The number of carbonyl (C=O) groups excluding carboxylic acids is 1. The topological polar surface area (TPSA) is 73.9 Å². The van der Waals surface area contributed by atoms with Crippen LogP contribution in [-0.2, 0) is 4.79 Å². The Morgan fingerprint density at radius 2 is 1.91 bits per heavy atom. The Bertz CT molecular complexity index is 1240. The highest BCUT2D eigenvalue weighted by Crippen LogP contribution is 2.37. The average molecular weight is 457 g/mol. The van der Waals surface area contributed by atoms with Crippen LogP contribution < -0.4 is 15.2 Å².